The summed E-state index contributed by atoms with van der Waals surface area (Å²) in [6, 6.07) is 7.41. The molecule has 1 aromatic carbocycles. The molecule has 1 N–H and O–H groups in total. The van der Waals surface area contributed by atoms with Crippen LogP contribution < -0.4 is 10.1 Å². The lowest BCUT2D eigenvalue weighted by atomic mass is 10.1. The first kappa shape index (κ1) is 14.9. The Morgan fingerprint density at radius 2 is 2.30 bits per heavy atom. The number of nitrogens with one attached hydrogen (secondary N) is 1. The number of ether oxygens (including phenoxy) is 2. The van der Waals surface area contributed by atoms with E-state index in [4.69, 9.17) is 9.47 Å². The molecular weight excluding hydrogens is 254 g/mol. The van der Waals surface area contributed by atoms with Crippen LogP contribution in [0.1, 0.15) is 43.0 Å². The third-order valence-corrected chi connectivity index (χ3v) is 3.67. The third-order valence-electron chi connectivity index (χ3n) is 3.67. The minimum atomic E-state index is -0.0812. The molecule has 0 spiro atoms. The molecule has 2 atom stereocenters. The summed E-state index contributed by atoms with van der Waals surface area (Å²) in [4.78, 5) is 12.2. The molecule has 4 nitrogen and oxygen atoms in total. The fourth-order valence-corrected chi connectivity index (χ4v) is 2.51. The maximum atomic E-state index is 12.2. The lowest BCUT2D eigenvalue weighted by molar-refractivity contribution is 0.0897. The zero-order valence-corrected chi connectivity index (χ0v) is 12.2. The summed E-state index contributed by atoms with van der Waals surface area (Å²) < 4.78 is 10.8. The molecule has 0 saturated carbocycles. The van der Waals surface area contributed by atoms with Crippen molar-refractivity contribution in [1.82, 2.24) is 5.32 Å². The van der Waals surface area contributed by atoms with Gasteiger partial charge in [-0.05, 0) is 44.7 Å². The van der Waals surface area contributed by atoms with E-state index in [-0.39, 0.29) is 11.9 Å². The molecule has 1 aliphatic heterocycles. The maximum absolute atomic E-state index is 12.2. The van der Waals surface area contributed by atoms with Gasteiger partial charge >= 0.3 is 0 Å². The van der Waals surface area contributed by atoms with E-state index in [1.54, 1.807) is 19.2 Å². The van der Waals surface area contributed by atoms with Gasteiger partial charge in [-0.25, -0.2) is 0 Å². The Balaban J connectivity index is 1.83. The van der Waals surface area contributed by atoms with Gasteiger partial charge in [-0.3, -0.25) is 4.79 Å². The molecule has 0 bridgehead atoms. The number of carbonyl (C=O) groups is 1. The van der Waals surface area contributed by atoms with E-state index >= 15 is 0 Å². The Hall–Kier alpha value is -1.55. The third kappa shape index (κ3) is 3.97. The van der Waals surface area contributed by atoms with Crippen LogP contribution in [-0.4, -0.2) is 31.8 Å². The molecule has 1 amide bonds. The predicted octanol–water partition coefficient (Wildman–Crippen LogP) is 2.77. The molecule has 20 heavy (non-hydrogen) atoms. The van der Waals surface area contributed by atoms with Crippen LogP contribution >= 0.6 is 0 Å². The highest BCUT2D eigenvalue weighted by molar-refractivity contribution is 5.97. The Morgan fingerprint density at radius 1 is 1.50 bits per heavy atom. The van der Waals surface area contributed by atoms with Gasteiger partial charge in [-0.15, -0.1) is 0 Å². The molecule has 2 rings (SSSR count). The van der Waals surface area contributed by atoms with Gasteiger partial charge in [0.15, 0.2) is 0 Å². The van der Waals surface area contributed by atoms with Crippen molar-refractivity contribution in [2.24, 2.45) is 0 Å². The van der Waals surface area contributed by atoms with Crippen molar-refractivity contribution in [1.29, 1.82) is 0 Å². The number of hydrogen-bond acceptors (Lipinski definition) is 3. The van der Waals surface area contributed by atoms with Crippen LogP contribution in [0.4, 0.5) is 0 Å². The number of methoxy groups -OCH3 is 1. The van der Waals surface area contributed by atoms with Gasteiger partial charge in [-0.2, -0.15) is 0 Å². The van der Waals surface area contributed by atoms with Crippen LogP contribution in [0.3, 0.4) is 0 Å². The molecular formula is C16H23NO3. The summed E-state index contributed by atoms with van der Waals surface area (Å²) in [7, 11) is 1.58. The van der Waals surface area contributed by atoms with E-state index < -0.39 is 0 Å². The molecule has 0 aromatic heterocycles. The number of carbonyl (C=O) groups excluding carboxylic acids is 1. The van der Waals surface area contributed by atoms with Gasteiger partial charge in [-0.1, -0.05) is 12.1 Å². The van der Waals surface area contributed by atoms with Gasteiger partial charge < -0.3 is 14.8 Å². The minimum Gasteiger partial charge on any atom is -0.496 e. The van der Waals surface area contributed by atoms with Crippen molar-refractivity contribution < 1.29 is 14.3 Å². The lowest BCUT2D eigenvalue weighted by Crippen LogP contribution is -2.33. The fourth-order valence-electron chi connectivity index (χ4n) is 2.51. The van der Waals surface area contributed by atoms with E-state index in [2.05, 4.69) is 5.32 Å². The summed E-state index contributed by atoms with van der Waals surface area (Å²) in [5, 5.41) is 3.02. The second-order valence-corrected chi connectivity index (χ2v) is 5.29. The monoisotopic (exact) mass is 277 g/mol. The summed E-state index contributed by atoms with van der Waals surface area (Å²) in [6.45, 7) is 2.91. The first-order chi connectivity index (χ1) is 9.70. The number of rotatable bonds is 6. The smallest absolute Gasteiger partial charge is 0.255 e. The Bertz CT molecular complexity index is 441. The van der Waals surface area contributed by atoms with Gasteiger partial charge in [0.1, 0.15) is 5.75 Å². The molecule has 0 unspecified atom stereocenters. The Kier molecular flexibility index (Phi) is 5.41. The highest BCUT2D eigenvalue weighted by Crippen LogP contribution is 2.19. The zero-order valence-electron chi connectivity index (χ0n) is 12.2. The van der Waals surface area contributed by atoms with E-state index in [0.717, 1.165) is 32.3 Å². The molecule has 1 saturated heterocycles. The standard InChI is InChI=1S/C16H23NO3/c1-12(9-10-13-6-5-11-20-13)17-16(18)14-7-3-4-8-15(14)19-2/h3-4,7-8,12-13H,5-6,9-11H2,1-2H3,(H,17,18)/t12-,13+/m0/s1. The van der Waals surface area contributed by atoms with Crippen molar-refractivity contribution in [2.75, 3.05) is 13.7 Å². The molecule has 4 heteroatoms. The fraction of sp³-hybridized carbons (Fsp3) is 0.562. The average Bonchev–Trinajstić information content (AvgIpc) is 2.98. The summed E-state index contributed by atoms with van der Waals surface area (Å²) in [5.41, 5.74) is 0.582. The van der Waals surface area contributed by atoms with Crippen LogP contribution in [0.2, 0.25) is 0 Å². The van der Waals surface area contributed by atoms with Crippen molar-refractivity contribution in [2.45, 2.75) is 44.8 Å². The summed E-state index contributed by atoms with van der Waals surface area (Å²) >= 11 is 0. The van der Waals surface area contributed by atoms with Gasteiger partial charge in [0.25, 0.3) is 5.91 Å². The van der Waals surface area contributed by atoms with Crippen molar-refractivity contribution in [3.63, 3.8) is 0 Å². The van der Waals surface area contributed by atoms with Crippen molar-refractivity contribution >= 4 is 5.91 Å². The van der Waals surface area contributed by atoms with E-state index in [9.17, 15) is 4.79 Å². The van der Waals surface area contributed by atoms with Crippen LogP contribution in [0.5, 0.6) is 5.75 Å². The zero-order chi connectivity index (χ0) is 14.4. The van der Waals surface area contributed by atoms with Gasteiger partial charge in [0.05, 0.1) is 18.8 Å². The van der Waals surface area contributed by atoms with Crippen LogP contribution in [-0.2, 0) is 4.74 Å². The van der Waals surface area contributed by atoms with Crippen molar-refractivity contribution in [3.05, 3.63) is 29.8 Å². The number of hydrogen-bond donors (Lipinski definition) is 1. The Labute approximate surface area is 120 Å². The molecule has 1 heterocycles. The van der Waals surface area contributed by atoms with Gasteiger partial charge in [0.2, 0.25) is 0 Å². The summed E-state index contributed by atoms with van der Waals surface area (Å²) in [5.74, 6) is 0.526. The second kappa shape index (κ2) is 7.29. The molecule has 110 valence electrons. The highest BCUT2D eigenvalue weighted by Gasteiger charge is 2.18. The van der Waals surface area contributed by atoms with Crippen LogP contribution in [0, 0.1) is 0 Å². The van der Waals surface area contributed by atoms with Crippen LogP contribution in [0.25, 0.3) is 0 Å². The van der Waals surface area contributed by atoms with E-state index in [1.165, 1.54) is 0 Å². The average molecular weight is 277 g/mol. The van der Waals surface area contributed by atoms with E-state index in [0.29, 0.717) is 17.4 Å². The predicted molar refractivity (Wildman–Crippen MR) is 78.1 cm³/mol. The molecule has 1 aromatic rings. The Morgan fingerprint density at radius 3 is 3.00 bits per heavy atom. The molecule has 1 aliphatic rings. The van der Waals surface area contributed by atoms with E-state index in [1.807, 2.05) is 19.1 Å². The summed E-state index contributed by atoms with van der Waals surface area (Å²) in [6.07, 6.45) is 4.62. The minimum absolute atomic E-state index is 0.0812. The van der Waals surface area contributed by atoms with Gasteiger partial charge in [0, 0.05) is 12.6 Å². The number of amides is 1. The molecule has 0 radical (unpaired) electrons. The second-order valence-electron chi connectivity index (χ2n) is 5.29. The SMILES string of the molecule is COc1ccccc1C(=O)N[C@@H](C)CC[C@H]1CCCO1. The first-order valence-electron chi connectivity index (χ1n) is 7.26. The lowest BCUT2D eigenvalue weighted by Gasteiger charge is -2.17. The maximum Gasteiger partial charge on any atom is 0.255 e. The number of para-hydroxylation sites is 1. The highest BCUT2D eigenvalue weighted by atomic mass is 16.5. The first-order valence-corrected chi connectivity index (χ1v) is 7.26. The van der Waals surface area contributed by atoms with Crippen LogP contribution in [0.15, 0.2) is 24.3 Å². The normalized spacial score (nSPS) is 19.6. The largest absolute Gasteiger partial charge is 0.496 e. The molecule has 0 aliphatic carbocycles. The number of benzene rings is 1. The topological polar surface area (TPSA) is 47.6 Å². The quantitative estimate of drug-likeness (QED) is 0.869. The van der Waals surface area contributed by atoms with Crippen molar-refractivity contribution in [3.8, 4) is 5.75 Å². The molecule has 1 fully saturated rings.